The van der Waals surface area contributed by atoms with Crippen LogP contribution in [0.2, 0.25) is 0 Å². The lowest BCUT2D eigenvalue weighted by atomic mass is 10.1. The van der Waals surface area contributed by atoms with Crippen LogP contribution in [0.25, 0.3) is 0 Å². The third kappa shape index (κ3) is 5.53. The van der Waals surface area contributed by atoms with E-state index in [0.29, 0.717) is 6.04 Å². The van der Waals surface area contributed by atoms with Crippen LogP contribution in [0.5, 0.6) is 0 Å². The van der Waals surface area contributed by atoms with Crippen LogP contribution in [0.4, 0.5) is 0 Å². The molecule has 0 radical (unpaired) electrons. The smallest absolute Gasteiger partial charge is 0.0216 e. The molecule has 1 saturated heterocycles. The first kappa shape index (κ1) is 13.5. The minimum atomic E-state index is 0.716. The van der Waals surface area contributed by atoms with Crippen molar-refractivity contribution in [2.24, 2.45) is 5.92 Å². The second-order valence-corrected chi connectivity index (χ2v) is 5.12. The average molecular weight is 222 g/mol. The van der Waals surface area contributed by atoms with Crippen LogP contribution in [0.1, 0.15) is 40.0 Å². The Hall–Kier alpha value is -0.520. The molecule has 92 valence electrons. The Balaban J connectivity index is 2.31. The van der Waals surface area contributed by atoms with Crippen LogP contribution >= 0.6 is 0 Å². The van der Waals surface area contributed by atoms with E-state index >= 15 is 0 Å². The second-order valence-electron chi connectivity index (χ2n) is 5.12. The van der Waals surface area contributed by atoms with Gasteiger partial charge in [-0.1, -0.05) is 13.8 Å². The van der Waals surface area contributed by atoms with Gasteiger partial charge in [-0.3, -0.25) is 0 Å². The topological polar surface area (TPSA) is 15.3 Å². The Morgan fingerprint density at radius 2 is 2.25 bits per heavy atom. The van der Waals surface area contributed by atoms with Crippen molar-refractivity contribution in [1.29, 1.82) is 0 Å². The summed E-state index contributed by atoms with van der Waals surface area (Å²) in [6, 6.07) is 0.716. The maximum atomic E-state index is 3.57. The molecule has 1 aliphatic heterocycles. The zero-order valence-electron chi connectivity index (χ0n) is 11.1. The number of rotatable bonds is 6. The van der Waals surface area contributed by atoms with Crippen molar-refractivity contribution in [3.05, 3.63) is 0 Å². The first-order chi connectivity index (χ1) is 7.72. The van der Waals surface area contributed by atoms with Crippen molar-refractivity contribution < 1.29 is 0 Å². The van der Waals surface area contributed by atoms with Crippen LogP contribution in [-0.2, 0) is 0 Å². The van der Waals surface area contributed by atoms with Gasteiger partial charge in [-0.25, -0.2) is 0 Å². The molecule has 0 amide bonds. The summed E-state index contributed by atoms with van der Waals surface area (Å²) in [7, 11) is 0. The summed E-state index contributed by atoms with van der Waals surface area (Å²) in [5, 5.41) is 3.57. The summed E-state index contributed by atoms with van der Waals surface area (Å²) < 4.78 is 0. The molecule has 1 aliphatic rings. The highest BCUT2D eigenvalue weighted by Crippen LogP contribution is 2.09. The molecule has 2 heteroatoms. The van der Waals surface area contributed by atoms with Crippen molar-refractivity contribution in [3.63, 3.8) is 0 Å². The molecule has 16 heavy (non-hydrogen) atoms. The molecule has 1 fully saturated rings. The summed E-state index contributed by atoms with van der Waals surface area (Å²) in [5.74, 6) is 6.89. The molecule has 0 aromatic carbocycles. The van der Waals surface area contributed by atoms with Gasteiger partial charge in [0.25, 0.3) is 0 Å². The number of hydrogen-bond acceptors (Lipinski definition) is 2. The van der Waals surface area contributed by atoms with Gasteiger partial charge in [0, 0.05) is 32.1 Å². The molecule has 1 unspecified atom stereocenters. The van der Waals surface area contributed by atoms with E-state index in [4.69, 9.17) is 0 Å². The molecule has 1 N–H and O–H groups in total. The highest BCUT2D eigenvalue weighted by Gasteiger charge is 2.17. The quantitative estimate of drug-likeness (QED) is 0.693. The fraction of sp³-hybridized carbons (Fsp3) is 0.857. The molecular formula is C14H26N2. The predicted octanol–water partition coefficient (Wildman–Crippen LogP) is 2.11. The molecule has 0 spiro atoms. The van der Waals surface area contributed by atoms with Gasteiger partial charge in [-0.05, 0) is 32.2 Å². The molecule has 0 aromatic heterocycles. The standard InChI is InChI=1S/C14H26N2/c1-4-5-6-10-16(11-13(2)3)12-14-8-7-9-15-14/h13-15H,6-12H2,1-3H3. The highest BCUT2D eigenvalue weighted by atomic mass is 15.2. The Morgan fingerprint density at radius 1 is 1.44 bits per heavy atom. The van der Waals surface area contributed by atoms with Crippen molar-refractivity contribution in [1.82, 2.24) is 10.2 Å². The number of nitrogens with one attached hydrogen (secondary N) is 1. The van der Waals surface area contributed by atoms with Crippen LogP contribution in [-0.4, -0.2) is 37.1 Å². The lowest BCUT2D eigenvalue weighted by Gasteiger charge is -2.26. The summed E-state index contributed by atoms with van der Waals surface area (Å²) in [6.45, 7) is 11.2. The van der Waals surface area contributed by atoms with Crippen LogP contribution in [0, 0.1) is 17.8 Å². The highest BCUT2D eigenvalue weighted by molar-refractivity contribution is 4.95. The lowest BCUT2D eigenvalue weighted by molar-refractivity contribution is 0.229. The van der Waals surface area contributed by atoms with Crippen LogP contribution in [0.15, 0.2) is 0 Å². The summed E-state index contributed by atoms with van der Waals surface area (Å²) in [6.07, 6.45) is 3.69. The van der Waals surface area contributed by atoms with E-state index in [-0.39, 0.29) is 0 Å². The third-order valence-corrected chi connectivity index (χ3v) is 2.99. The van der Waals surface area contributed by atoms with E-state index < -0.39 is 0 Å². The number of nitrogens with zero attached hydrogens (tertiary/aromatic N) is 1. The van der Waals surface area contributed by atoms with Crippen LogP contribution < -0.4 is 5.32 Å². The van der Waals surface area contributed by atoms with Gasteiger partial charge >= 0.3 is 0 Å². The zero-order chi connectivity index (χ0) is 11.8. The maximum absolute atomic E-state index is 3.57. The van der Waals surface area contributed by atoms with Gasteiger partial charge in [0.15, 0.2) is 0 Å². The molecule has 1 heterocycles. The van der Waals surface area contributed by atoms with Gasteiger partial charge in [0.05, 0.1) is 0 Å². The number of hydrogen-bond donors (Lipinski definition) is 1. The van der Waals surface area contributed by atoms with E-state index in [1.54, 1.807) is 0 Å². The molecule has 0 saturated carbocycles. The van der Waals surface area contributed by atoms with Gasteiger partial charge in [0.2, 0.25) is 0 Å². The lowest BCUT2D eigenvalue weighted by Crippen LogP contribution is -2.39. The van der Waals surface area contributed by atoms with Gasteiger partial charge in [0.1, 0.15) is 0 Å². The molecule has 1 rings (SSSR count). The predicted molar refractivity (Wildman–Crippen MR) is 70.4 cm³/mol. The second kappa shape index (κ2) is 7.70. The van der Waals surface area contributed by atoms with Gasteiger partial charge in [-0.15, -0.1) is 11.8 Å². The monoisotopic (exact) mass is 222 g/mol. The third-order valence-electron chi connectivity index (χ3n) is 2.99. The summed E-state index contributed by atoms with van der Waals surface area (Å²) >= 11 is 0. The molecular weight excluding hydrogens is 196 g/mol. The molecule has 0 aromatic rings. The van der Waals surface area contributed by atoms with E-state index in [0.717, 1.165) is 18.9 Å². The average Bonchev–Trinajstić information content (AvgIpc) is 2.69. The van der Waals surface area contributed by atoms with E-state index in [1.807, 2.05) is 6.92 Å². The van der Waals surface area contributed by atoms with Crippen LogP contribution in [0.3, 0.4) is 0 Å². The molecule has 0 bridgehead atoms. The molecule has 0 aliphatic carbocycles. The van der Waals surface area contributed by atoms with Gasteiger partial charge < -0.3 is 10.2 Å². The fourth-order valence-corrected chi connectivity index (χ4v) is 2.34. The summed E-state index contributed by atoms with van der Waals surface area (Å²) in [4.78, 5) is 2.57. The fourth-order valence-electron chi connectivity index (χ4n) is 2.34. The zero-order valence-corrected chi connectivity index (χ0v) is 11.1. The summed E-state index contributed by atoms with van der Waals surface area (Å²) in [5.41, 5.74) is 0. The minimum Gasteiger partial charge on any atom is -0.313 e. The van der Waals surface area contributed by atoms with E-state index in [1.165, 1.54) is 32.5 Å². The van der Waals surface area contributed by atoms with Crippen molar-refractivity contribution in [3.8, 4) is 11.8 Å². The maximum Gasteiger partial charge on any atom is 0.0216 e. The molecule has 1 atom stereocenters. The largest absolute Gasteiger partial charge is 0.313 e. The first-order valence-electron chi connectivity index (χ1n) is 6.57. The Kier molecular flexibility index (Phi) is 6.52. The van der Waals surface area contributed by atoms with E-state index in [2.05, 4.69) is 35.9 Å². The van der Waals surface area contributed by atoms with E-state index in [9.17, 15) is 0 Å². The Bertz CT molecular complexity index is 231. The van der Waals surface area contributed by atoms with Crippen molar-refractivity contribution in [2.45, 2.75) is 46.1 Å². The van der Waals surface area contributed by atoms with Crippen molar-refractivity contribution in [2.75, 3.05) is 26.2 Å². The normalized spacial score (nSPS) is 20.2. The Labute approximate surface area is 101 Å². The molecule has 2 nitrogen and oxygen atoms in total. The minimum absolute atomic E-state index is 0.716. The van der Waals surface area contributed by atoms with Crippen molar-refractivity contribution >= 4 is 0 Å². The van der Waals surface area contributed by atoms with Gasteiger partial charge in [-0.2, -0.15) is 0 Å². The Morgan fingerprint density at radius 3 is 2.81 bits per heavy atom. The SMILES string of the molecule is CC#CCCN(CC(C)C)CC1CCCN1. The first-order valence-corrected chi connectivity index (χ1v) is 6.57.